The number of nitrogens with one attached hydrogen (secondary N) is 1. The van der Waals surface area contributed by atoms with Crippen molar-refractivity contribution < 1.29 is 0 Å². The SMILES string of the molecule is CN=C(NCc1cnc(C)s1)N(C)Cc1ccc(Cl)cc1. The summed E-state index contributed by atoms with van der Waals surface area (Å²) in [6.07, 6.45) is 1.90. The first-order valence-electron chi connectivity index (χ1n) is 6.66. The highest BCUT2D eigenvalue weighted by molar-refractivity contribution is 7.11. The summed E-state index contributed by atoms with van der Waals surface area (Å²) >= 11 is 7.60. The minimum atomic E-state index is 0.739. The molecule has 1 aromatic carbocycles. The number of hydrogen-bond acceptors (Lipinski definition) is 3. The minimum Gasteiger partial charge on any atom is -0.351 e. The topological polar surface area (TPSA) is 40.5 Å². The molecular formula is C15H19ClN4S. The van der Waals surface area contributed by atoms with Crippen LogP contribution in [0.4, 0.5) is 0 Å². The average Bonchev–Trinajstić information content (AvgIpc) is 2.88. The summed E-state index contributed by atoms with van der Waals surface area (Å²) in [5.41, 5.74) is 1.19. The van der Waals surface area contributed by atoms with Crippen molar-refractivity contribution >= 4 is 28.9 Å². The maximum atomic E-state index is 5.90. The van der Waals surface area contributed by atoms with Crippen molar-refractivity contribution in [3.05, 3.63) is 50.9 Å². The predicted octanol–water partition coefficient (Wildman–Crippen LogP) is 3.31. The minimum absolute atomic E-state index is 0.739. The van der Waals surface area contributed by atoms with Gasteiger partial charge in [0, 0.05) is 36.7 Å². The standard InChI is InChI=1S/C15H19ClN4S/c1-11-18-8-14(21-11)9-19-15(17-2)20(3)10-12-4-6-13(16)7-5-12/h4-8H,9-10H2,1-3H3,(H,17,19). The summed E-state index contributed by atoms with van der Waals surface area (Å²) in [6, 6.07) is 7.86. The summed E-state index contributed by atoms with van der Waals surface area (Å²) in [5.74, 6) is 0.857. The molecule has 0 saturated heterocycles. The smallest absolute Gasteiger partial charge is 0.193 e. The first kappa shape index (κ1) is 15.8. The van der Waals surface area contributed by atoms with Crippen LogP contribution in [-0.4, -0.2) is 29.9 Å². The quantitative estimate of drug-likeness (QED) is 0.693. The fraction of sp³-hybridized carbons (Fsp3) is 0.333. The van der Waals surface area contributed by atoms with Crippen LogP contribution < -0.4 is 5.32 Å². The number of thiazole rings is 1. The molecule has 0 bridgehead atoms. The Kier molecular flexibility index (Phi) is 5.59. The molecule has 1 heterocycles. The molecule has 0 aliphatic rings. The molecule has 4 nitrogen and oxygen atoms in total. The Bertz CT molecular complexity index is 606. The second-order valence-corrected chi connectivity index (χ2v) is 6.48. The van der Waals surface area contributed by atoms with Crippen LogP contribution in [0, 0.1) is 6.92 Å². The van der Waals surface area contributed by atoms with Gasteiger partial charge in [0.2, 0.25) is 0 Å². The molecule has 0 spiro atoms. The Morgan fingerprint density at radius 1 is 1.38 bits per heavy atom. The lowest BCUT2D eigenvalue weighted by Gasteiger charge is -2.22. The largest absolute Gasteiger partial charge is 0.351 e. The van der Waals surface area contributed by atoms with Crippen LogP contribution in [0.1, 0.15) is 15.4 Å². The zero-order chi connectivity index (χ0) is 15.2. The first-order chi connectivity index (χ1) is 10.1. The molecule has 0 aliphatic carbocycles. The van der Waals surface area contributed by atoms with Crippen LogP contribution in [0.25, 0.3) is 0 Å². The van der Waals surface area contributed by atoms with Gasteiger partial charge in [-0.3, -0.25) is 4.99 Å². The van der Waals surface area contributed by atoms with E-state index >= 15 is 0 Å². The van der Waals surface area contributed by atoms with E-state index in [1.165, 1.54) is 10.4 Å². The van der Waals surface area contributed by atoms with Gasteiger partial charge in [-0.15, -0.1) is 11.3 Å². The molecule has 21 heavy (non-hydrogen) atoms. The van der Waals surface area contributed by atoms with Crippen LogP contribution in [0.15, 0.2) is 35.5 Å². The zero-order valence-electron chi connectivity index (χ0n) is 12.4. The van der Waals surface area contributed by atoms with E-state index in [0.717, 1.165) is 29.1 Å². The molecule has 6 heteroatoms. The molecule has 2 aromatic rings. The Morgan fingerprint density at radius 3 is 2.67 bits per heavy atom. The maximum Gasteiger partial charge on any atom is 0.193 e. The van der Waals surface area contributed by atoms with E-state index in [-0.39, 0.29) is 0 Å². The Balaban J connectivity index is 1.92. The number of aliphatic imine (C=N–C) groups is 1. The molecule has 0 saturated carbocycles. The van der Waals surface area contributed by atoms with Crippen LogP contribution >= 0.6 is 22.9 Å². The van der Waals surface area contributed by atoms with Crippen molar-refractivity contribution in [1.29, 1.82) is 0 Å². The number of guanidine groups is 1. The summed E-state index contributed by atoms with van der Waals surface area (Å²) in [5, 5.41) is 5.18. The van der Waals surface area contributed by atoms with E-state index in [9.17, 15) is 0 Å². The van der Waals surface area contributed by atoms with Crippen molar-refractivity contribution in [3.63, 3.8) is 0 Å². The van der Waals surface area contributed by atoms with E-state index in [1.807, 2.05) is 44.4 Å². The third kappa shape index (κ3) is 4.72. The van der Waals surface area contributed by atoms with Gasteiger partial charge in [0.05, 0.1) is 11.6 Å². The number of hydrogen-bond donors (Lipinski definition) is 1. The fourth-order valence-electron chi connectivity index (χ4n) is 1.98. The molecule has 1 N–H and O–H groups in total. The number of aromatic nitrogens is 1. The third-order valence-electron chi connectivity index (χ3n) is 3.00. The average molecular weight is 323 g/mol. The van der Waals surface area contributed by atoms with E-state index in [2.05, 4.69) is 20.2 Å². The fourth-order valence-corrected chi connectivity index (χ4v) is 2.84. The monoisotopic (exact) mass is 322 g/mol. The highest BCUT2D eigenvalue weighted by atomic mass is 35.5. The van der Waals surface area contributed by atoms with Crippen molar-refractivity contribution in [2.75, 3.05) is 14.1 Å². The lowest BCUT2D eigenvalue weighted by Crippen LogP contribution is -2.37. The molecule has 0 unspecified atom stereocenters. The molecule has 0 radical (unpaired) electrons. The molecule has 2 rings (SSSR count). The van der Waals surface area contributed by atoms with Gasteiger partial charge in [0.25, 0.3) is 0 Å². The highest BCUT2D eigenvalue weighted by Gasteiger charge is 2.07. The first-order valence-corrected chi connectivity index (χ1v) is 7.85. The summed E-state index contributed by atoms with van der Waals surface area (Å²) in [6.45, 7) is 3.53. The molecule has 112 valence electrons. The number of aryl methyl sites for hydroxylation is 1. The molecular weight excluding hydrogens is 304 g/mol. The van der Waals surface area contributed by atoms with Gasteiger partial charge in [0.1, 0.15) is 0 Å². The third-order valence-corrected chi connectivity index (χ3v) is 4.16. The number of benzene rings is 1. The van der Waals surface area contributed by atoms with Crippen molar-refractivity contribution in [3.8, 4) is 0 Å². The van der Waals surface area contributed by atoms with Gasteiger partial charge in [-0.25, -0.2) is 4.98 Å². The van der Waals surface area contributed by atoms with Crippen LogP contribution in [-0.2, 0) is 13.1 Å². The predicted molar refractivity (Wildman–Crippen MR) is 90.0 cm³/mol. The Hall–Kier alpha value is -1.59. The summed E-state index contributed by atoms with van der Waals surface area (Å²) in [4.78, 5) is 11.8. The van der Waals surface area contributed by atoms with E-state index in [0.29, 0.717) is 0 Å². The normalized spacial score (nSPS) is 11.5. The number of rotatable bonds is 4. The van der Waals surface area contributed by atoms with Crippen molar-refractivity contribution in [2.45, 2.75) is 20.0 Å². The van der Waals surface area contributed by atoms with Gasteiger partial charge in [-0.2, -0.15) is 0 Å². The van der Waals surface area contributed by atoms with E-state index in [1.54, 1.807) is 18.4 Å². The second kappa shape index (κ2) is 7.43. The Labute approximate surface area is 134 Å². The molecule has 0 amide bonds. The van der Waals surface area contributed by atoms with Gasteiger partial charge < -0.3 is 10.2 Å². The maximum absolute atomic E-state index is 5.90. The molecule has 0 aliphatic heterocycles. The van der Waals surface area contributed by atoms with Crippen LogP contribution in [0.3, 0.4) is 0 Å². The van der Waals surface area contributed by atoms with Crippen molar-refractivity contribution in [2.24, 2.45) is 4.99 Å². The van der Waals surface area contributed by atoms with E-state index in [4.69, 9.17) is 11.6 Å². The van der Waals surface area contributed by atoms with Crippen LogP contribution in [0.5, 0.6) is 0 Å². The van der Waals surface area contributed by atoms with Gasteiger partial charge in [0.15, 0.2) is 5.96 Å². The Morgan fingerprint density at radius 2 is 2.10 bits per heavy atom. The van der Waals surface area contributed by atoms with Crippen molar-refractivity contribution in [1.82, 2.24) is 15.2 Å². The lowest BCUT2D eigenvalue weighted by atomic mass is 10.2. The van der Waals surface area contributed by atoms with Gasteiger partial charge in [-0.1, -0.05) is 23.7 Å². The zero-order valence-corrected chi connectivity index (χ0v) is 14.0. The van der Waals surface area contributed by atoms with E-state index < -0.39 is 0 Å². The molecule has 0 atom stereocenters. The highest BCUT2D eigenvalue weighted by Crippen LogP contribution is 2.12. The van der Waals surface area contributed by atoms with Gasteiger partial charge in [-0.05, 0) is 24.6 Å². The second-order valence-electron chi connectivity index (χ2n) is 4.73. The molecule has 0 fully saturated rings. The van der Waals surface area contributed by atoms with Gasteiger partial charge >= 0.3 is 0 Å². The summed E-state index contributed by atoms with van der Waals surface area (Å²) in [7, 11) is 3.81. The number of nitrogens with zero attached hydrogens (tertiary/aromatic N) is 3. The number of halogens is 1. The lowest BCUT2D eigenvalue weighted by molar-refractivity contribution is 0.477. The molecule has 1 aromatic heterocycles. The van der Waals surface area contributed by atoms with Crippen LogP contribution in [0.2, 0.25) is 5.02 Å². The summed E-state index contributed by atoms with van der Waals surface area (Å²) < 4.78 is 0.